The molecule has 10 nitrogen and oxygen atoms in total. The molecule has 1 fully saturated rings. The van der Waals surface area contributed by atoms with Gasteiger partial charge in [0.2, 0.25) is 11.8 Å². The normalized spacial score (nSPS) is 17.1. The van der Waals surface area contributed by atoms with Crippen LogP contribution in [0.5, 0.6) is 0 Å². The highest BCUT2D eigenvalue weighted by Gasteiger charge is 2.39. The van der Waals surface area contributed by atoms with Gasteiger partial charge in [0.25, 0.3) is 5.91 Å². The van der Waals surface area contributed by atoms with E-state index in [1.807, 2.05) is 0 Å². The topological polar surface area (TPSA) is 140 Å². The number of hydrogen-bond donors (Lipinski definition) is 3. The highest BCUT2D eigenvalue weighted by molar-refractivity contribution is 5.85. The van der Waals surface area contributed by atoms with Gasteiger partial charge in [0, 0.05) is 50.7 Å². The number of allylic oxidation sites excluding steroid dienone is 2. The third kappa shape index (κ3) is 20.8. The molecule has 0 aliphatic heterocycles. The minimum absolute atomic E-state index is 0.0360. The van der Waals surface area contributed by atoms with Crippen LogP contribution in [0.3, 0.4) is 0 Å². The first-order chi connectivity index (χ1) is 22.5. The Bertz CT molecular complexity index is 966. The second-order valence-corrected chi connectivity index (χ2v) is 13.8. The SMILES string of the molecule is CCCCCCCCC=CCCCCCCCC(=O)NC1CCCCC1NC(=O)CCNC(=O)[C@H](OC(C)=O)C(C)(C)COC(C)=O. The van der Waals surface area contributed by atoms with Crippen molar-refractivity contribution < 1.29 is 33.4 Å². The molecule has 0 heterocycles. The molecule has 47 heavy (non-hydrogen) atoms. The summed E-state index contributed by atoms with van der Waals surface area (Å²) in [5.74, 6) is -1.90. The molecule has 0 bridgehead atoms. The molecule has 0 saturated heterocycles. The molecule has 3 atom stereocenters. The first-order valence-electron chi connectivity index (χ1n) is 18.3. The van der Waals surface area contributed by atoms with E-state index in [2.05, 4.69) is 35.0 Å². The summed E-state index contributed by atoms with van der Waals surface area (Å²) < 4.78 is 10.3. The van der Waals surface area contributed by atoms with Crippen molar-refractivity contribution in [2.75, 3.05) is 13.2 Å². The van der Waals surface area contributed by atoms with Crippen molar-refractivity contribution in [1.82, 2.24) is 16.0 Å². The predicted octanol–water partition coefficient (Wildman–Crippen LogP) is 6.59. The molecular weight excluding hydrogens is 598 g/mol. The van der Waals surface area contributed by atoms with E-state index in [1.165, 1.54) is 71.6 Å². The summed E-state index contributed by atoms with van der Waals surface area (Å²) >= 11 is 0. The van der Waals surface area contributed by atoms with Crippen LogP contribution in [0.1, 0.15) is 157 Å². The second-order valence-electron chi connectivity index (χ2n) is 13.8. The van der Waals surface area contributed by atoms with Crippen LogP contribution < -0.4 is 16.0 Å². The summed E-state index contributed by atoms with van der Waals surface area (Å²) in [4.78, 5) is 61.2. The number of carbonyl (C=O) groups is 5. The number of amides is 3. The van der Waals surface area contributed by atoms with Gasteiger partial charge in [0.1, 0.15) is 6.61 Å². The average molecular weight is 664 g/mol. The number of rotatable bonds is 25. The largest absolute Gasteiger partial charge is 0.465 e. The van der Waals surface area contributed by atoms with Crippen LogP contribution in [-0.4, -0.2) is 61.0 Å². The number of nitrogens with one attached hydrogen (secondary N) is 3. The van der Waals surface area contributed by atoms with Crippen molar-refractivity contribution in [1.29, 1.82) is 0 Å². The van der Waals surface area contributed by atoms with Gasteiger partial charge in [0.15, 0.2) is 6.10 Å². The molecule has 3 N–H and O–H groups in total. The van der Waals surface area contributed by atoms with Gasteiger partial charge in [-0.1, -0.05) is 97.1 Å². The molecule has 1 aliphatic carbocycles. The molecular formula is C37H65N3O7. The summed E-state index contributed by atoms with van der Waals surface area (Å²) in [6, 6.07) is -0.255. The van der Waals surface area contributed by atoms with Crippen LogP contribution >= 0.6 is 0 Å². The Balaban J connectivity index is 2.30. The monoisotopic (exact) mass is 663 g/mol. The summed E-state index contributed by atoms with van der Waals surface area (Å²) in [5, 5.41) is 8.86. The Hall–Kier alpha value is -2.91. The fourth-order valence-electron chi connectivity index (χ4n) is 5.88. The third-order valence-corrected chi connectivity index (χ3v) is 8.65. The lowest BCUT2D eigenvalue weighted by Gasteiger charge is -2.33. The average Bonchev–Trinajstić information content (AvgIpc) is 3.01. The van der Waals surface area contributed by atoms with E-state index in [1.54, 1.807) is 13.8 Å². The summed E-state index contributed by atoms with van der Waals surface area (Å²) in [6.07, 6.45) is 23.4. The van der Waals surface area contributed by atoms with Gasteiger partial charge in [-0.2, -0.15) is 0 Å². The van der Waals surface area contributed by atoms with Gasteiger partial charge in [0.05, 0.1) is 0 Å². The fourth-order valence-corrected chi connectivity index (χ4v) is 5.88. The molecule has 0 aromatic carbocycles. The minimum atomic E-state index is -1.19. The van der Waals surface area contributed by atoms with E-state index in [4.69, 9.17) is 9.47 Å². The van der Waals surface area contributed by atoms with Crippen molar-refractivity contribution >= 4 is 29.7 Å². The van der Waals surface area contributed by atoms with E-state index in [-0.39, 0.29) is 43.5 Å². The highest BCUT2D eigenvalue weighted by Crippen LogP contribution is 2.25. The van der Waals surface area contributed by atoms with Crippen LogP contribution in [0.4, 0.5) is 0 Å². The standard InChI is InChI=1S/C37H65N3O7/c1-6-7-8-9-10-11-12-13-14-15-16-17-18-19-20-25-33(43)39-31-23-21-22-24-32(31)40-34(44)26-27-38-36(45)35(47-30(3)42)37(4,5)28-46-29(2)41/h13-14,31-32,35H,6-12,15-28H2,1-5H3,(H,38,45)(H,39,43)(H,40,44)/t31?,32?,35-/m0/s1. The van der Waals surface area contributed by atoms with Gasteiger partial charge in [-0.25, -0.2) is 0 Å². The zero-order chi connectivity index (χ0) is 34.9. The van der Waals surface area contributed by atoms with Crippen LogP contribution in [0.2, 0.25) is 0 Å². The van der Waals surface area contributed by atoms with Crippen molar-refractivity contribution in [3.63, 3.8) is 0 Å². The van der Waals surface area contributed by atoms with Crippen molar-refractivity contribution in [3.05, 3.63) is 12.2 Å². The zero-order valence-corrected chi connectivity index (χ0v) is 30.1. The van der Waals surface area contributed by atoms with E-state index in [9.17, 15) is 24.0 Å². The third-order valence-electron chi connectivity index (χ3n) is 8.65. The van der Waals surface area contributed by atoms with Gasteiger partial charge in [-0.05, 0) is 44.9 Å². The summed E-state index contributed by atoms with van der Waals surface area (Å²) in [5.41, 5.74) is -0.971. The Morgan fingerprint density at radius 3 is 1.77 bits per heavy atom. The number of unbranched alkanes of at least 4 members (excludes halogenated alkanes) is 11. The Morgan fingerprint density at radius 1 is 0.723 bits per heavy atom. The molecule has 2 unspecified atom stereocenters. The summed E-state index contributed by atoms with van der Waals surface area (Å²) in [7, 11) is 0. The molecule has 1 rings (SSSR count). The lowest BCUT2D eigenvalue weighted by molar-refractivity contribution is -0.166. The molecule has 270 valence electrons. The van der Waals surface area contributed by atoms with Gasteiger partial charge < -0.3 is 25.4 Å². The van der Waals surface area contributed by atoms with Crippen molar-refractivity contribution in [3.8, 4) is 0 Å². The molecule has 0 aromatic rings. The maximum atomic E-state index is 12.9. The lowest BCUT2D eigenvalue weighted by Crippen LogP contribution is -2.53. The minimum Gasteiger partial charge on any atom is -0.465 e. The second kappa shape index (κ2) is 25.2. The molecule has 1 aliphatic rings. The first-order valence-corrected chi connectivity index (χ1v) is 18.3. The maximum Gasteiger partial charge on any atom is 0.303 e. The molecule has 1 saturated carbocycles. The molecule has 0 aromatic heterocycles. The van der Waals surface area contributed by atoms with Crippen molar-refractivity contribution in [2.45, 2.75) is 175 Å². The van der Waals surface area contributed by atoms with Gasteiger partial charge in [-0.15, -0.1) is 0 Å². The molecule has 3 amide bonds. The predicted molar refractivity (Wildman–Crippen MR) is 185 cm³/mol. The molecule has 0 radical (unpaired) electrons. The van der Waals surface area contributed by atoms with Crippen LogP contribution in [-0.2, 0) is 33.4 Å². The van der Waals surface area contributed by atoms with Crippen molar-refractivity contribution in [2.24, 2.45) is 5.41 Å². The van der Waals surface area contributed by atoms with E-state index < -0.39 is 29.4 Å². The van der Waals surface area contributed by atoms with E-state index in [0.717, 1.165) is 51.4 Å². The Kier molecular flexibility index (Phi) is 22.5. The maximum absolute atomic E-state index is 12.9. The molecule has 10 heteroatoms. The van der Waals surface area contributed by atoms with Gasteiger partial charge >= 0.3 is 11.9 Å². The fraction of sp³-hybridized carbons (Fsp3) is 0.811. The van der Waals surface area contributed by atoms with E-state index >= 15 is 0 Å². The van der Waals surface area contributed by atoms with Crippen LogP contribution in [0.25, 0.3) is 0 Å². The first kappa shape index (κ1) is 42.1. The Labute approximate surface area is 284 Å². The van der Waals surface area contributed by atoms with Crippen LogP contribution in [0.15, 0.2) is 12.2 Å². The highest BCUT2D eigenvalue weighted by atomic mass is 16.6. The number of esters is 2. The number of carbonyl (C=O) groups excluding carboxylic acids is 5. The molecule has 0 spiro atoms. The lowest BCUT2D eigenvalue weighted by atomic mass is 9.86. The Morgan fingerprint density at radius 2 is 1.23 bits per heavy atom. The number of ether oxygens (including phenoxy) is 2. The quantitative estimate of drug-likeness (QED) is 0.0568. The number of hydrogen-bond acceptors (Lipinski definition) is 7. The summed E-state index contributed by atoms with van der Waals surface area (Å²) in [6.45, 7) is 7.97. The van der Waals surface area contributed by atoms with Gasteiger partial charge in [-0.3, -0.25) is 24.0 Å². The smallest absolute Gasteiger partial charge is 0.303 e. The van der Waals surface area contributed by atoms with E-state index in [0.29, 0.717) is 6.42 Å². The van der Waals surface area contributed by atoms with Crippen LogP contribution in [0, 0.1) is 5.41 Å². The zero-order valence-electron chi connectivity index (χ0n) is 30.1.